The SMILES string of the molecule is CCOC1CC(N)(C(=O)NCC(C)(C)CC(C)O)C1(C)C.Cl. The summed E-state index contributed by atoms with van der Waals surface area (Å²) in [6, 6.07) is 0. The highest BCUT2D eigenvalue weighted by molar-refractivity contribution is 5.88. The maximum absolute atomic E-state index is 12.5. The van der Waals surface area contributed by atoms with Crippen molar-refractivity contribution < 1.29 is 14.6 Å². The molecule has 0 saturated heterocycles. The lowest BCUT2D eigenvalue weighted by Crippen LogP contribution is -2.76. The van der Waals surface area contributed by atoms with Crippen LogP contribution in [0.3, 0.4) is 0 Å². The van der Waals surface area contributed by atoms with Crippen LogP contribution in [0.4, 0.5) is 0 Å². The fourth-order valence-electron chi connectivity index (χ4n) is 3.17. The number of carbonyl (C=O) groups excluding carboxylic acids is 1. The topological polar surface area (TPSA) is 84.6 Å². The Hall–Kier alpha value is -0.360. The molecule has 1 saturated carbocycles. The van der Waals surface area contributed by atoms with E-state index in [1.54, 1.807) is 6.92 Å². The van der Waals surface area contributed by atoms with Crippen LogP contribution in [0.2, 0.25) is 0 Å². The van der Waals surface area contributed by atoms with Gasteiger partial charge in [0.25, 0.3) is 0 Å². The Labute approximate surface area is 140 Å². The number of hydrogen-bond donors (Lipinski definition) is 3. The van der Waals surface area contributed by atoms with Crippen molar-refractivity contribution in [2.24, 2.45) is 16.6 Å². The third kappa shape index (κ3) is 4.34. The molecule has 1 amide bonds. The summed E-state index contributed by atoms with van der Waals surface area (Å²) in [5, 5.41) is 12.5. The molecule has 1 aliphatic rings. The summed E-state index contributed by atoms with van der Waals surface area (Å²) in [7, 11) is 0. The summed E-state index contributed by atoms with van der Waals surface area (Å²) in [6.45, 7) is 12.9. The van der Waals surface area contributed by atoms with Crippen molar-refractivity contribution in [1.82, 2.24) is 5.32 Å². The van der Waals surface area contributed by atoms with Gasteiger partial charge >= 0.3 is 0 Å². The van der Waals surface area contributed by atoms with Crippen LogP contribution < -0.4 is 11.1 Å². The molecule has 1 rings (SSSR count). The van der Waals surface area contributed by atoms with Crippen LogP contribution in [-0.4, -0.2) is 41.9 Å². The number of ether oxygens (including phenoxy) is 1. The van der Waals surface area contributed by atoms with Gasteiger partial charge < -0.3 is 20.9 Å². The van der Waals surface area contributed by atoms with Gasteiger partial charge in [-0.05, 0) is 25.7 Å². The van der Waals surface area contributed by atoms with Gasteiger partial charge in [0.15, 0.2) is 0 Å². The minimum Gasteiger partial charge on any atom is -0.393 e. The van der Waals surface area contributed by atoms with Crippen LogP contribution in [-0.2, 0) is 9.53 Å². The molecule has 0 bridgehead atoms. The first-order valence-electron chi connectivity index (χ1n) is 7.83. The number of hydrogen-bond acceptors (Lipinski definition) is 4. The second-order valence-corrected chi connectivity index (χ2v) is 7.74. The lowest BCUT2D eigenvalue weighted by Gasteiger charge is -2.57. The summed E-state index contributed by atoms with van der Waals surface area (Å²) < 4.78 is 5.64. The van der Waals surface area contributed by atoms with E-state index in [1.807, 2.05) is 34.6 Å². The van der Waals surface area contributed by atoms with Gasteiger partial charge in [-0.15, -0.1) is 12.4 Å². The average molecular weight is 337 g/mol. The molecule has 0 aromatic rings. The fourth-order valence-corrected chi connectivity index (χ4v) is 3.17. The van der Waals surface area contributed by atoms with E-state index in [2.05, 4.69) is 5.32 Å². The highest BCUT2D eigenvalue weighted by Crippen LogP contribution is 2.49. The molecule has 1 aliphatic carbocycles. The predicted octanol–water partition coefficient (Wildman–Crippen LogP) is 1.85. The number of aliphatic hydroxyl groups excluding tert-OH is 1. The minimum absolute atomic E-state index is 0. The van der Waals surface area contributed by atoms with Crippen molar-refractivity contribution in [3.8, 4) is 0 Å². The molecule has 132 valence electrons. The molecule has 0 aliphatic heterocycles. The molecule has 3 atom stereocenters. The van der Waals surface area contributed by atoms with Gasteiger partial charge in [-0.3, -0.25) is 4.79 Å². The molecule has 0 aromatic carbocycles. The summed E-state index contributed by atoms with van der Waals surface area (Å²) in [5.74, 6) is -0.123. The predicted molar refractivity (Wildman–Crippen MR) is 91.1 cm³/mol. The summed E-state index contributed by atoms with van der Waals surface area (Å²) in [5.41, 5.74) is 4.92. The molecule has 0 heterocycles. The first kappa shape index (κ1) is 21.6. The van der Waals surface area contributed by atoms with E-state index in [4.69, 9.17) is 10.5 Å². The zero-order valence-corrected chi connectivity index (χ0v) is 15.5. The first-order chi connectivity index (χ1) is 9.46. The zero-order chi connectivity index (χ0) is 16.5. The van der Waals surface area contributed by atoms with Crippen molar-refractivity contribution in [2.45, 2.75) is 72.1 Å². The molecule has 0 spiro atoms. The summed E-state index contributed by atoms with van der Waals surface area (Å²) in [6.07, 6.45) is 0.835. The van der Waals surface area contributed by atoms with E-state index < -0.39 is 5.54 Å². The third-order valence-corrected chi connectivity index (χ3v) is 4.81. The maximum Gasteiger partial charge on any atom is 0.240 e. The largest absolute Gasteiger partial charge is 0.393 e. The van der Waals surface area contributed by atoms with Crippen molar-refractivity contribution in [2.75, 3.05) is 13.2 Å². The summed E-state index contributed by atoms with van der Waals surface area (Å²) in [4.78, 5) is 12.5. The molecule has 22 heavy (non-hydrogen) atoms. The van der Waals surface area contributed by atoms with Crippen molar-refractivity contribution >= 4 is 18.3 Å². The Bertz CT molecular complexity index is 386. The number of rotatable bonds is 7. The maximum atomic E-state index is 12.5. The average Bonchev–Trinajstić information content (AvgIpc) is 2.34. The van der Waals surface area contributed by atoms with Gasteiger partial charge in [0.2, 0.25) is 5.91 Å². The monoisotopic (exact) mass is 336 g/mol. The van der Waals surface area contributed by atoms with E-state index in [0.29, 0.717) is 26.0 Å². The van der Waals surface area contributed by atoms with E-state index in [-0.39, 0.29) is 41.4 Å². The van der Waals surface area contributed by atoms with Crippen molar-refractivity contribution in [3.63, 3.8) is 0 Å². The Morgan fingerprint density at radius 3 is 2.45 bits per heavy atom. The Morgan fingerprint density at radius 1 is 1.50 bits per heavy atom. The highest BCUT2D eigenvalue weighted by atomic mass is 35.5. The van der Waals surface area contributed by atoms with Crippen LogP contribution in [0.5, 0.6) is 0 Å². The van der Waals surface area contributed by atoms with Crippen molar-refractivity contribution in [1.29, 1.82) is 0 Å². The molecule has 4 N–H and O–H groups in total. The van der Waals surface area contributed by atoms with Crippen LogP contribution in [0.1, 0.15) is 54.4 Å². The zero-order valence-electron chi connectivity index (χ0n) is 14.7. The fraction of sp³-hybridized carbons (Fsp3) is 0.938. The standard InChI is InChI=1S/C16H32N2O3.ClH/c1-7-21-12-9-16(17,15(12,5)6)13(20)18-10-14(3,4)8-11(2)19;/h11-12,19H,7-10,17H2,1-6H3,(H,18,20);1H. The van der Waals surface area contributed by atoms with Crippen LogP contribution in [0.15, 0.2) is 0 Å². The highest BCUT2D eigenvalue weighted by Gasteiger charge is 2.62. The Morgan fingerprint density at radius 2 is 2.05 bits per heavy atom. The minimum atomic E-state index is -0.881. The van der Waals surface area contributed by atoms with E-state index >= 15 is 0 Å². The van der Waals surface area contributed by atoms with Gasteiger partial charge in [0.05, 0.1) is 12.2 Å². The molecule has 0 aromatic heterocycles. The number of halogens is 1. The molecular formula is C16H33ClN2O3. The number of aliphatic hydroxyl groups is 1. The normalized spacial score (nSPS) is 28.3. The Balaban J connectivity index is 0.00000441. The number of amides is 1. The second-order valence-electron chi connectivity index (χ2n) is 7.74. The van der Waals surface area contributed by atoms with Crippen molar-refractivity contribution in [3.05, 3.63) is 0 Å². The van der Waals surface area contributed by atoms with Gasteiger partial charge in [0.1, 0.15) is 5.54 Å². The molecule has 3 unspecified atom stereocenters. The third-order valence-electron chi connectivity index (χ3n) is 4.81. The van der Waals surface area contributed by atoms with Gasteiger partial charge in [0, 0.05) is 25.0 Å². The molecule has 1 fully saturated rings. The van der Waals surface area contributed by atoms with E-state index in [1.165, 1.54) is 0 Å². The number of carbonyl (C=O) groups is 1. The van der Waals surface area contributed by atoms with Crippen LogP contribution >= 0.6 is 12.4 Å². The number of nitrogens with one attached hydrogen (secondary N) is 1. The van der Waals surface area contributed by atoms with Gasteiger partial charge in [-0.25, -0.2) is 0 Å². The lowest BCUT2D eigenvalue weighted by molar-refractivity contribution is -0.171. The van der Waals surface area contributed by atoms with E-state index in [0.717, 1.165) is 0 Å². The Kier molecular flexibility index (Phi) is 7.35. The molecule has 5 nitrogen and oxygen atoms in total. The first-order valence-corrected chi connectivity index (χ1v) is 7.83. The molecule has 6 heteroatoms. The number of nitrogens with two attached hydrogens (primary N) is 1. The molecule has 0 radical (unpaired) electrons. The van der Waals surface area contributed by atoms with E-state index in [9.17, 15) is 9.90 Å². The summed E-state index contributed by atoms with van der Waals surface area (Å²) >= 11 is 0. The van der Waals surface area contributed by atoms with Gasteiger partial charge in [-0.2, -0.15) is 0 Å². The van der Waals surface area contributed by atoms with Crippen LogP contribution in [0, 0.1) is 10.8 Å². The van der Waals surface area contributed by atoms with Gasteiger partial charge in [-0.1, -0.05) is 27.7 Å². The van der Waals surface area contributed by atoms with Crippen LogP contribution in [0.25, 0.3) is 0 Å². The molecular weight excluding hydrogens is 304 g/mol. The second kappa shape index (κ2) is 7.47. The quantitative estimate of drug-likeness (QED) is 0.662. The lowest BCUT2D eigenvalue weighted by atomic mass is 9.54. The smallest absolute Gasteiger partial charge is 0.240 e.